The van der Waals surface area contributed by atoms with Crippen LogP contribution in [0.25, 0.3) is 21.5 Å². The molecule has 0 aliphatic rings. The minimum Gasteiger partial charge on any atom is -0.354 e. The van der Waals surface area contributed by atoms with E-state index < -0.39 is 5.41 Å². The number of carbonyl (C=O) groups is 1. The maximum Gasteiger partial charge on any atom is 0.228 e. The number of carbonyl (C=O) groups excluding carboxylic acids is 1. The van der Waals surface area contributed by atoms with Gasteiger partial charge < -0.3 is 16.8 Å². The summed E-state index contributed by atoms with van der Waals surface area (Å²) < 4.78 is 28.8. The lowest BCUT2D eigenvalue weighted by Gasteiger charge is -2.32. The minimum absolute atomic E-state index is 0.0564. The fourth-order valence-corrected chi connectivity index (χ4v) is 4.52. The van der Waals surface area contributed by atoms with Gasteiger partial charge in [-0.3, -0.25) is 4.79 Å². The Morgan fingerprint density at radius 2 is 1.18 bits per heavy atom. The second kappa shape index (κ2) is 9.65. The predicted molar refractivity (Wildman–Crippen MR) is 129 cm³/mol. The zero-order valence-electron chi connectivity index (χ0n) is 18.3. The second-order valence-corrected chi connectivity index (χ2v) is 8.39. The zero-order valence-corrected chi connectivity index (χ0v) is 18.3. The number of halogens is 2. The van der Waals surface area contributed by atoms with Crippen molar-refractivity contribution in [1.82, 2.24) is 5.32 Å². The summed E-state index contributed by atoms with van der Waals surface area (Å²) in [7, 11) is 0. The summed E-state index contributed by atoms with van der Waals surface area (Å²) in [5.41, 5.74) is 12.5. The number of fused-ring (bicyclic) bond motifs is 2. The SMILES string of the molecule is NCCNC(=O)C(CN)(Cc1ccc(F)c2ccccc12)Cc1ccc(F)c2ccccc12. The Morgan fingerprint density at radius 1 is 0.727 bits per heavy atom. The summed E-state index contributed by atoms with van der Waals surface area (Å²) in [5.74, 6) is -0.855. The van der Waals surface area contributed by atoms with Gasteiger partial charge in [0.2, 0.25) is 5.91 Å². The van der Waals surface area contributed by atoms with Crippen molar-refractivity contribution >= 4 is 27.5 Å². The highest BCUT2D eigenvalue weighted by atomic mass is 19.1. The van der Waals surface area contributed by atoms with Crippen molar-refractivity contribution in [3.8, 4) is 0 Å². The van der Waals surface area contributed by atoms with Crippen LogP contribution in [0.3, 0.4) is 0 Å². The standard InChI is InChI=1S/C27H27F2N3O/c28-24-11-9-18(20-5-1-3-7-22(20)24)15-27(17-31,26(33)32-14-13-30)16-19-10-12-25(29)23-8-4-2-6-21(19)23/h1-12H,13-17,30-31H2,(H,32,33). The van der Waals surface area contributed by atoms with Gasteiger partial charge in [-0.1, -0.05) is 60.7 Å². The summed E-state index contributed by atoms with van der Waals surface area (Å²) >= 11 is 0. The van der Waals surface area contributed by atoms with Crippen LogP contribution in [-0.4, -0.2) is 25.5 Å². The first kappa shape index (κ1) is 22.8. The van der Waals surface area contributed by atoms with E-state index in [1.807, 2.05) is 24.3 Å². The van der Waals surface area contributed by atoms with Crippen LogP contribution in [0.5, 0.6) is 0 Å². The lowest BCUT2D eigenvalue weighted by Crippen LogP contribution is -2.50. The smallest absolute Gasteiger partial charge is 0.228 e. The van der Waals surface area contributed by atoms with E-state index in [0.29, 0.717) is 36.7 Å². The van der Waals surface area contributed by atoms with E-state index in [4.69, 9.17) is 11.5 Å². The Morgan fingerprint density at radius 3 is 1.61 bits per heavy atom. The topological polar surface area (TPSA) is 81.1 Å². The Hall–Kier alpha value is -3.35. The number of hydrogen-bond donors (Lipinski definition) is 3. The molecule has 4 rings (SSSR count). The molecule has 0 bridgehead atoms. The van der Waals surface area contributed by atoms with E-state index >= 15 is 0 Å². The first-order valence-electron chi connectivity index (χ1n) is 11.0. The molecule has 33 heavy (non-hydrogen) atoms. The third kappa shape index (κ3) is 4.45. The Balaban J connectivity index is 1.83. The van der Waals surface area contributed by atoms with Crippen molar-refractivity contribution in [2.75, 3.05) is 19.6 Å². The van der Waals surface area contributed by atoms with Gasteiger partial charge in [-0.25, -0.2) is 8.78 Å². The fourth-order valence-electron chi connectivity index (χ4n) is 4.52. The third-order valence-corrected chi connectivity index (χ3v) is 6.28. The van der Waals surface area contributed by atoms with E-state index in [1.165, 1.54) is 12.1 Å². The molecule has 0 radical (unpaired) electrons. The van der Waals surface area contributed by atoms with Crippen molar-refractivity contribution in [2.45, 2.75) is 12.8 Å². The van der Waals surface area contributed by atoms with Gasteiger partial charge >= 0.3 is 0 Å². The molecule has 4 aromatic rings. The lowest BCUT2D eigenvalue weighted by atomic mass is 9.74. The average molecular weight is 448 g/mol. The van der Waals surface area contributed by atoms with Gasteiger partial charge in [0, 0.05) is 30.4 Å². The molecule has 0 saturated carbocycles. The minimum atomic E-state index is -1.03. The molecule has 170 valence electrons. The van der Waals surface area contributed by atoms with E-state index in [9.17, 15) is 13.6 Å². The van der Waals surface area contributed by atoms with Crippen LogP contribution in [0, 0.1) is 17.0 Å². The van der Waals surface area contributed by atoms with E-state index in [0.717, 1.165) is 21.9 Å². The van der Waals surface area contributed by atoms with Crippen LogP contribution in [0.15, 0.2) is 72.8 Å². The Labute approximate surface area is 191 Å². The lowest BCUT2D eigenvalue weighted by molar-refractivity contribution is -0.130. The maximum atomic E-state index is 14.4. The predicted octanol–water partition coefficient (Wildman–Crippen LogP) is 4.08. The highest BCUT2D eigenvalue weighted by Gasteiger charge is 2.38. The van der Waals surface area contributed by atoms with Gasteiger partial charge in [-0.2, -0.15) is 0 Å². The highest BCUT2D eigenvalue weighted by molar-refractivity contribution is 5.90. The molecular weight excluding hydrogens is 420 g/mol. The van der Waals surface area contributed by atoms with Crippen molar-refractivity contribution < 1.29 is 13.6 Å². The third-order valence-electron chi connectivity index (χ3n) is 6.28. The van der Waals surface area contributed by atoms with Gasteiger partial charge in [-0.15, -0.1) is 0 Å². The molecule has 0 heterocycles. The Kier molecular flexibility index (Phi) is 6.67. The molecule has 0 atom stereocenters. The fraction of sp³-hybridized carbons (Fsp3) is 0.222. The Bertz CT molecular complexity index is 1220. The van der Waals surface area contributed by atoms with Gasteiger partial charge in [0.15, 0.2) is 0 Å². The number of amides is 1. The summed E-state index contributed by atoms with van der Waals surface area (Å²) in [4.78, 5) is 13.5. The molecule has 0 aromatic heterocycles. The molecule has 1 amide bonds. The molecular formula is C27H27F2N3O. The van der Waals surface area contributed by atoms with Gasteiger partial charge in [0.1, 0.15) is 11.6 Å². The van der Waals surface area contributed by atoms with Crippen LogP contribution in [-0.2, 0) is 17.6 Å². The molecule has 0 unspecified atom stereocenters. The van der Waals surface area contributed by atoms with E-state index in [1.54, 1.807) is 36.4 Å². The van der Waals surface area contributed by atoms with Gasteiger partial charge in [0.25, 0.3) is 0 Å². The van der Waals surface area contributed by atoms with Crippen LogP contribution in [0.4, 0.5) is 8.78 Å². The van der Waals surface area contributed by atoms with Crippen LogP contribution >= 0.6 is 0 Å². The van der Waals surface area contributed by atoms with Crippen molar-refractivity contribution in [2.24, 2.45) is 16.9 Å². The van der Waals surface area contributed by atoms with Crippen LogP contribution in [0.1, 0.15) is 11.1 Å². The average Bonchev–Trinajstić information content (AvgIpc) is 2.85. The number of nitrogens with two attached hydrogens (primary N) is 2. The quantitative estimate of drug-likeness (QED) is 0.381. The van der Waals surface area contributed by atoms with Crippen LogP contribution in [0.2, 0.25) is 0 Å². The highest BCUT2D eigenvalue weighted by Crippen LogP contribution is 2.34. The number of nitrogens with one attached hydrogen (secondary N) is 1. The summed E-state index contributed by atoms with van der Waals surface area (Å²) in [5, 5.41) is 5.37. The molecule has 0 aliphatic heterocycles. The summed E-state index contributed by atoms with van der Waals surface area (Å²) in [6, 6.07) is 20.7. The number of benzene rings is 4. The van der Waals surface area contributed by atoms with Crippen molar-refractivity contribution in [3.05, 3.63) is 95.6 Å². The molecule has 4 nitrogen and oxygen atoms in total. The zero-order chi connectivity index (χ0) is 23.4. The molecule has 5 N–H and O–H groups in total. The van der Waals surface area contributed by atoms with Crippen molar-refractivity contribution in [3.63, 3.8) is 0 Å². The molecule has 0 fully saturated rings. The molecule has 0 saturated heterocycles. The molecule has 6 heteroatoms. The number of hydrogen-bond acceptors (Lipinski definition) is 3. The monoisotopic (exact) mass is 447 g/mol. The van der Waals surface area contributed by atoms with Gasteiger partial charge in [-0.05, 0) is 46.9 Å². The second-order valence-electron chi connectivity index (χ2n) is 8.39. The van der Waals surface area contributed by atoms with Crippen LogP contribution < -0.4 is 16.8 Å². The molecule has 4 aromatic carbocycles. The summed E-state index contributed by atoms with van der Waals surface area (Å²) in [6.45, 7) is 0.668. The maximum absolute atomic E-state index is 14.4. The normalized spacial score (nSPS) is 11.8. The summed E-state index contributed by atoms with van der Waals surface area (Å²) in [6.07, 6.45) is 0.596. The largest absolute Gasteiger partial charge is 0.354 e. The van der Waals surface area contributed by atoms with E-state index in [2.05, 4.69) is 5.32 Å². The molecule has 0 spiro atoms. The number of rotatable bonds is 8. The first-order valence-corrected chi connectivity index (χ1v) is 11.0. The van der Waals surface area contributed by atoms with Crippen molar-refractivity contribution in [1.29, 1.82) is 0 Å². The molecule has 0 aliphatic carbocycles. The first-order chi connectivity index (χ1) is 16.0. The van der Waals surface area contributed by atoms with E-state index in [-0.39, 0.29) is 24.1 Å². The van der Waals surface area contributed by atoms with Gasteiger partial charge in [0.05, 0.1) is 5.41 Å².